The number of carbonyl (C=O) groups is 3. The summed E-state index contributed by atoms with van der Waals surface area (Å²) in [6.45, 7) is 6.58. The molecule has 0 amide bonds. The molecule has 0 aliphatic rings. The molecular formula is C68H124O6. The van der Waals surface area contributed by atoms with Crippen LogP contribution < -0.4 is 0 Å². The van der Waals surface area contributed by atoms with E-state index in [-0.39, 0.29) is 31.1 Å². The summed E-state index contributed by atoms with van der Waals surface area (Å²) in [5.41, 5.74) is 0. The van der Waals surface area contributed by atoms with Gasteiger partial charge in [-0.05, 0) is 57.8 Å². The molecule has 0 radical (unpaired) electrons. The fourth-order valence-corrected chi connectivity index (χ4v) is 9.73. The van der Waals surface area contributed by atoms with Gasteiger partial charge in [-0.15, -0.1) is 0 Å². The Balaban J connectivity index is 4.33. The van der Waals surface area contributed by atoms with Crippen molar-refractivity contribution in [1.82, 2.24) is 0 Å². The van der Waals surface area contributed by atoms with Gasteiger partial charge in [0, 0.05) is 19.3 Å². The molecule has 0 saturated carbocycles. The summed E-state index contributed by atoms with van der Waals surface area (Å²) in [4.78, 5) is 38.4. The summed E-state index contributed by atoms with van der Waals surface area (Å²) in [7, 11) is 0. The van der Waals surface area contributed by atoms with E-state index in [4.69, 9.17) is 14.2 Å². The Hall–Kier alpha value is -2.63. The molecule has 6 nitrogen and oxygen atoms in total. The van der Waals surface area contributed by atoms with Crippen LogP contribution in [0.25, 0.3) is 0 Å². The molecule has 0 rings (SSSR count). The van der Waals surface area contributed by atoms with Gasteiger partial charge < -0.3 is 14.2 Å². The molecule has 6 heteroatoms. The molecule has 0 fully saturated rings. The van der Waals surface area contributed by atoms with E-state index in [0.29, 0.717) is 19.3 Å². The maximum absolute atomic E-state index is 12.9. The first-order valence-electron chi connectivity index (χ1n) is 32.6. The second-order valence-electron chi connectivity index (χ2n) is 22.0. The summed E-state index contributed by atoms with van der Waals surface area (Å²) in [6, 6.07) is 0. The molecule has 0 saturated heterocycles. The number of esters is 3. The maximum Gasteiger partial charge on any atom is 0.306 e. The first-order chi connectivity index (χ1) is 36.5. The molecule has 0 N–H and O–H groups in total. The largest absolute Gasteiger partial charge is 0.462 e. The lowest BCUT2D eigenvalue weighted by Gasteiger charge is -2.18. The lowest BCUT2D eigenvalue weighted by atomic mass is 10.0. The molecule has 0 aromatic carbocycles. The molecule has 1 unspecified atom stereocenters. The molecule has 74 heavy (non-hydrogen) atoms. The average molecular weight is 1040 g/mol. The molecule has 0 aromatic heterocycles. The van der Waals surface area contributed by atoms with Crippen LogP contribution >= 0.6 is 0 Å². The van der Waals surface area contributed by atoms with Crippen molar-refractivity contribution < 1.29 is 28.6 Å². The van der Waals surface area contributed by atoms with Crippen molar-refractivity contribution in [2.75, 3.05) is 13.2 Å². The fraction of sp³-hybridized carbons (Fsp3) is 0.838. The molecule has 0 bridgehead atoms. The van der Waals surface area contributed by atoms with Crippen molar-refractivity contribution in [2.24, 2.45) is 0 Å². The average Bonchev–Trinajstić information content (AvgIpc) is 3.40. The van der Waals surface area contributed by atoms with E-state index in [1.54, 1.807) is 0 Å². The monoisotopic (exact) mass is 1040 g/mol. The molecule has 0 heterocycles. The predicted molar refractivity (Wildman–Crippen MR) is 321 cm³/mol. The predicted octanol–water partition coefficient (Wildman–Crippen LogP) is 22.2. The first kappa shape index (κ1) is 71.4. The summed E-state index contributed by atoms with van der Waals surface area (Å²) in [5, 5.41) is 0. The Morgan fingerprint density at radius 3 is 0.824 bits per heavy atom. The van der Waals surface area contributed by atoms with Gasteiger partial charge in [-0.3, -0.25) is 14.4 Å². The molecule has 0 aromatic rings. The van der Waals surface area contributed by atoms with Crippen molar-refractivity contribution in [1.29, 1.82) is 0 Å². The van der Waals surface area contributed by atoms with Gasteiger partial charge in [0.2, 0.25) is 0 Å². The third-order valence-electron chi connectivity index (χ3n) is 14.6. The highest BCUT2D eigenvalue weighted by molar-refractivity contribution is 5.71. The van der Waals surface area contributed by atoms with Crippen LogP contribution in [0.15, 0.2) is 48.6 Å². The zero-order valence-electron chi connectivity index (χ0n) is 49.6. The summed E-state index contributed by atoms with van der Waals surface area (Å²) >= 11 is 0. The smallest absolute Gasteiger partial charge is 0.306 e. The van der Waals surface area contributed by atoms with Crippen LogP contribution in [-0.4, -0.2) is 37.2 Å². The number of carbonyl (C=O) groups excluding carboxylic acids is 3. The van der Waals surface area contributed by atoms with Gasteiger partial charge in [-0.25, -0.2) is 0 Å². The number of allylic oxidation sites excluding steroid dienone is 8. The van der Waals surface area contributed by atoms with Crippen LogP contribution in [-0.2, 0) is 28.6 Å². The van der Waals surface area contributed by atoms with E-state index in [2.05, 4.69) is 69.4 Å². The Morgan fingerprint density at radius 1 is 0.284 bits per heavy atom. The van der Waals surface area contributed by atoms with Gasteiger partial charge >= 0.3 is 17.9 Å². The number of ether oxygens (including phenoxy) is 3. The molecule has 0 aliphatic heterocycles. The number of unbranched alkanes of at least 4 members (excludes halogenated alkanes) is 41. The van der Waals surface area contributed by atoms with E-state index >= 15 is 0 Å². The minimum absolute atomic E-state index is 0.0740. The van der Waals surface area contributed by atoms with Crippen LogP contribution in [0.5, 0.6) is 0 Å². The molecule has 1 atom stereocenters. The molecular weight excluding hydrogens is 913 g/mol. The van der Waals surface area contributed by atoms with Crippen molar-refractivity contribution in [3.63, 3.8) is 0 Å². The van der Waals surface area contributed by atoms with Gasteiger partial charge in [0.15, 0.2) is 6.10 Å². The SMILES string of the molecule is CC/C=C\C/C=C\C/C=C\C/C=C\CCCCCCCCC(=O)OC(COC(=O)CCCCCCCCCCCCCCCCCC)COC(=O)CCCCCCCCCCCCCCCCCCCCCCC. The van der Waals surface area contributed by atoms with Gasteiger partial charge in [0.1, 0.15) is 13.2 Å². The van der Waals surface area contributed by atoms with Crippen LogP contribution in [0.3, 0.4) is 0 Å². The molecule has 0 spiro atoms. The van der Waals surface area contributed by atoms with E-state index < -0.39 is 6.10 Å². The molecule has 0 aliphatic carbocycles. The minimum atomic E-state index is -0.778. The van der Waals surface area contributed by atoms with Crippen LogP contribution in [0.1, 0.15) is 348 Å². The highest BCUT2D eigenvalue weighted by atomic mass is 16.6. The lowest BCUT2D eigenvalue weighted by molar-refractivity contribution is -0.167. The van der Waals surface area contributed by atoms with Gasteiger partial charge in [0.25, 0.3) is 0 Å². The van der Waals surface area contributed by atoms with E-state index in [9.17, 15) is 14.4 Å². The number of hydrogen-bond acceptors (Lipinski definition) is 6. The van der Waals surface area contributed by atoms with Gasteiger partial charge in [-0.1, -0.05) is 320 Å². The van der Waals surface area contributed by atoms with Crippen molar-refractivity contribution in [2.45, 2.75) is 354 Å². The van der Waals surface area contributed by atoms with E-state index in [1.165, 1.54) is 212 Å². The molecule has 432 valence electrons. The Bertz CT molecular complexity index is 1280. The summed E-state index contributed by atoms with van der Waals surface area (Å²) in [5.74, 6) is -0.863. The maximum atomic E-state index is 12.9. The quantitative estimate of drug-likeness (QED) is 0.0261. The zero-order valence-corrected chi connectivity index (χ0v) is 49.6. The standard InChI is InChI=1S/C68H124O6/c1-4-7-10-13-16-19-22-25-28-31-33-34-36-37-40-43-46-49-52-55-58-61-67(70)73-64-65(63-72-66(69)60-57-54-51-48-45-42-39-30-27-24-21-18-15-12-9-6-3)74-68(71)62-59-56-53-50-47-44-41-38-35-32-29-26-23-20-17-14-11-8-5-2/h8,11,17,20,26,29,35,38,65H,4-7,9-10,12-16,18-19,21-25,27-28,30-34,36-37,39-64H2,1-3H3/b11-8-,20-17-,29-26-,38-35-. The van der Waals surface area contributed by atoms with Crippen LogP contribution in [0, 0.1) is 0 Å². The first-order valence-corrected chi connectivity index (χ1v) is 32.6. The van der Waals surface area contributed by atoms with Crippen molar-refractivity contribution in [3.05, 3.63) is 48.6 Å². The highest BCUT2D eigenvalue weighted by Gasteiger charge is 2.19. The Morgan fingerprint density at radius 2 is 0.527 bits per heavy atom. The topological polar surface area (TPSA) is 78.9 Å². The van der Waals surface area contributed by atoms with Crippen molar-refractivity contribution >= 4 is 17.9 Å². The number of rotatable bonds is 60. The second-order valence-corrected chi connectivity index (χ2v) is 22.0. The normalized spacial score (nSPS) is 12.3. The highest BCUT2D eigenvalue weighted by Crippen LogP contribution is 2.18. The second kappa shape index (κ2) is 62.9. The van der Waals surface area contributed by atoms with Gasteiger partial charge in [0.05, 0.1) is 0 Å². The summed E-state index contributed by atoms with van der Waals surface area (Å²) in [6.07, 6.45) is 78.3. The van der Waals surface area contributed by atoms with E-state index in [0.717, 1.165) is 96.3 Å². The Kier molecular flexibility index (Phi) is 60.7. The minimum Gasteiger partial charge on any atom is -0.462 e. The third-order valence-corrected chi connectivity index (χ3v) is 14.6. The zero-order chi connectivity index (χ0) is 53.6. The fourth-order valence-electron chi connectivity index (χ4n) is 9.73. The Labute approximate surface area is 460 Å². The van der Waals surface area contributed by atoms with E-state index in [1.807, 2.05) is 0 Å². The number of hydrogen-bond donors (Lipinski definition) is 0. The lowest BCUT2D eigenvalue weighted by Crippen LogP contribution is -2.30. The van der Waals surface area contributed by atoms with Crippen molar-refractivity contribution in [3.8, 4) is 0 Å². The van der Waals surface area contributed by atoms with Crippen LogP contribution in [0.4, 0.5) is 0 Å². The van der Waals surface area contributed by atoms with Crippen LogP contribution in [0.2, 0.25) is 0 Å². The third kappa shape index (κ3) is 60.2. The van der Waals surface area contributed by atoms with Gasteiger partial charge in [-0.2, -0.15) is 0 Å². The summed E-state index contributed by atoms with van der Waals surface area (Å²) < 4.78 is 17.0.